The van der Waals surface area contributed by atoms with Crippen molar-refractivity contribution >= 4 is 11.6 Å². The van der Waals surface area contributed by atoms with Gasteiger partial charge in [0.1, 0.15) is 11.6 Å². The summed E-state index contributed by atoms with van der Waals surface area (Å²) in [6.07, 6.45) is 1.01. The van der Waals surface area contributed by atoms with Gasteiger partial charge in [-0.1, -0.05) is 18.2 Å². The number of carbonyl (C=O) groups excluding carboxylic acids is 1. The molecule has 2 aliphatic rings. The zero-order valence-electron chi connectivity index (χ0n) is 11.6. The molecule has 1 saturated heterocycles. The lowest BCUT2D eigenvalue weighted by atomic mass is 9.96. The summed E-state index contributed by atoms with van der Waals surface area (Å²) in [5.74, 6) is -0.0753. The van der Waals surface area contributed by atoms with Gasteiger partial charge in [0.15, 0.2) is 0 Å². The van der Waals surface area contributed by atoms with Crippen molar-refractivity contribution in [2.45, 2.75) is 37.5 Å². The molecule has 0 aliphatic carbocycles. The number of nitrogens with one attached hydrogen (secondary N) is 2. The quantitative estimate of drug-likeness (QED) is 0.759. The van der Waals surface area contributed by atoms with Crippen LogP contribution in [-0.2, 0) is 16.0 Å². The van der Waals surface area contributed by atoms with Crippen molar-refractivity contribution in [3.8, 4) is 0 Å². The van der Waals surface area contributed by atoms with Crippen LogP contribution in [0.3, 0.4) is 0 Å². The zero-order chi connectivity index (χ0) is 14.2. The van der Waals surface area contributed by atoms with E-state index in [1.165, 1.54) is 0 Å². The van der Waals surface area contributed by atoms with Crippen LogP contribution in [0, 0.1) is 0 Å². The Morgan fingerprint density at radius 3 is 3.05 bits per heavy atom. The Kier molecular flexibility index (Phi) is 3.40. The molecule has 2 aliphatic heterocycles. The van der Waals surface area contributed by atoms with Gasteiger partial charge in [0.05, 0.1) is 6.10 Å². The lowest BCUT2D eigenvalue weighted by Gasteiger charge is -2.26. The monoisotopic (exact) mass is 276 g/mol. The largest absolute Gasteiger partial charge is 0.385 e. The topological polar surface area (TPSA) is 70.6 Å². The number of aliphatic hydroxyl groups is 1. The Bertz CT molecular complexity index is 495. The minimum Gasteiger partial charge on any atom is -0.385 e. The molecule has 1 aromatic rings. The molecule has 5 nitrogen and oxygen atoms in total. The van der Waals surface area contributed by atoms with Crippen LogP contribution in [0.25, 0.3) is 0 Å². The fraction of sp³-hybridized carbons (Fsp3) is 0.533. The number of hydrogen-bond donors (Lipinski definition) is 3. The van der Waals surface area contributed by atoms with Gasteiger partial charge < -0.3 is 20.5 Å². The van der Waals surface area contributed by atoms with Gasteiger partial charge in [0.25, 0.3) is 0 Å². The van der Waals surface area contributed by atoms with Gasteiger partial charge in [-0.05, 0) is 18.6 Å². The third-order valence-corrected chi connectivity index (χ3v) is 4.32. The molecule has 3 N–H and O–H groups in total. The van der Waals surface area contributed by atoms with Crippen molar-refractivity contribution in [1.29, 1.82) is 0 Å². The van der Waals surface area contributed by atoms with Crippen LogP contribution in [0.5, 0.6) is 0 Å². The minimum atomic E-state index is -0.943. The van der Waals surface area contributed by atoms with Crippen LogP contribution >= 0.6 is 0 Å². The third kappa shape index (κ3) is 2.39. The van der Waals surface area contributed by atoms with E-state index in [1.807, 2.05) is 31.2 Å². The number of ether oxygens (including phenoxy) is 1. The maximum atomic E-state index is 12.2. The van der Waals surface area contributed by atoms with Crippen LogP contribution in [0.2, 0.25) is 0 Å². The second kappa shape index (κ2) is 5.07. The predicted octanol–water partition coefficient (Wildman–Crippen LogP) is 0.679. The number of rotatable bonds is 3. The van der Waals surface area contributed by atoms with Gasteiger partial charge in [0.2, 0.25) is 5.91 Å². The Hall–Kier alpha value is -1.59. The molecule has 0 spiro atoms. The van der Waals surface area contributed by atoms with Crippen molar-refractivity contribution in [3.05, 3.63) is 29.8 Å². The van der Waals surface area contributed by atoms with Crippen molar-refractivity contribution in [2.75, 3.05) is 18.5 Å². The van der Waals surface area contributed by atoms with Gasteiger partial charge in [-0.25, -0.2) is 0 Å². The molecule has 0 saturated carbocycles. The van der Waals surface area contributed by atoms with E-state index in [1.54, 1.807) is 0 Å². The summed E-state index contributed by atoms with van der Waals surface area (Å²) in [5.41, 5.74) is 1.23. The molecular formula is C15H20N2O3. The number of hydrogen-bond acceptors (Lipinski definition) is 4. The van der Waals surface area contributed by atoms with E-state index in [0.717, 1.165) is 11.3 Å². The lowest BCUT2D eigenvalue weighted by molar-refractivity contribution is -0.123. The molecule has 1 fully saturated rings. The third-order valence-electron chi connectivity index (χ3n) is 4.32. The van der Waals surface area contributed by atoms with Crippen molar-refractivity contribution in [3.63, 3.8) is 0 Å². The molecule has 2 unspecified atom stereocenters. The van der Waals surface area contributed by atoms with Crippen molar-refractivity contribution in [1.82, 2.24) is 5.32 Å². The van der Waals surface area contributed by atoms with E-state index < -0.39 is 5.60 Å². The van der Waals surface area contributed by atoms with Gasteiger partial charge >= 0.3 is 0 Å². The van der Waals surface area contributed by atoms with E-state index in [-0.39, 0.29) is 24.6 Å². The van der Waals surface area contributed by atoms with Gasteiger partial charge in [-0.3, -0.25) is 4.79 Å². The molecule has 0 bridgehead atoms. The molecule has 5 heteroatoms. The van der Waals surface area contributed by atoms with Crippen molar-refractivity contribution < 1.29 is 14.6 Å². The Morgan fingerprint density at radius 2 is 2.35 bits per heavy atom. The van der Waals surface area contributed by atoms with Crippen LogP contribution < -0.4 is 10.6 Å². The van der Waals surface area contributed by atoms with Gasteiger partial charge in [0, 0.05) is 31.7 Å². The Labute approximate surface area is 118 Å². The number of fused-ring (bicyclic) bond motifs is 1. The summed E-state index contributed by atoms with van der Waals surface area (Å²) in [7, 11) is 0. The number of anilines is 1. The maximum Gasteiger partial charge on any atom is 0.242 e. The SMILES string of the molecule is CC1OCCC1(O)CNC(=O)[C@@H]1Cc2ccccc2N1. The highest BCUT2D eigenvalue weighted by Gasteiger charge is 2.40. The standard InChI is InChI=1S/C15H20N2O3/c1-10-15(19,6-7-20-10)9-16-14(18)13-8-11-4-2-3-5-12(11)17-13/h2-5,10,13,17,19H,6-9H2,1H3,(H,16,18)/t10?,13-,15?/m0/s1. The second-order valence-electron chi connectivity index (χ2n) is 5.64. The number of carbonyl (C=O) groups is 1. The van der Waals surface area contributed by atoms with Gasteiger partial charge in [-0.2, -0.15) is 0 Å². The molecule has 3 rings (SSSR count). The van der Waals surface area contributed by atoms with Gasteiger partial charge in [-0.15, -0.1) is 0 Å². The summed E-state index contributed by atoms with van der Waals surface area (Å²) in [6.45, 7) is 2.62. The van der Waals surface area contributed by atoms with Crippen LogP contribution in [-0.4, -0.2) is 41.9 Å². The first kappa shape index (κ1) is 13.4. The molecule has 1 amide bonds. The van der Waals surface area contributed by atoms with Crippen LogP contribution in [0.1, 0.15) is 18.9 Å². The first-order valence-corrected chi connectivity index (χ1v) is 7.05. The normalized spacial score (nSPS) is 31.7. The average Bonchev–Trinajstić information content (AvgIpc) is 3.01. The molecule has 20 heavy (non-hydrogen) atoms. The number of para-hydroxylation sites is 1. The van der Waals surface area contributed by atoms with E-state index in [4.69, 9.17) is 4.74 Å². The van der Waals surface area contributed by atoms with E-state index in [0.29, 0.717) is 19.4 Å². The molecule has 0 radical (unpaired) electrons. The molecule has 1 aromatic carbocycles. The Morgan fingerprint density at radius 1 is 1.55 bits per heavy atom. The highest BCUT2D eigenvalue weighted by molar-refractivity contribution is 5.87. The lowest BCUT2D eigenvalue weighted by Crippen LogP contribution is -2.50. The van der Waals surface area contributed by atoms with E-state index in [9.17, 15) is 9.90 Å². The minimum absolute atomic E-state index is 0.0753. The predicted molar refractivity (Wildman–Crippen MR) is 75.5 cm³/mol. The number of benzene rings is 1. The maximum absolute atomic E-state index is 12.2. The molecule has 2 heterocycles. The first-order chi connectivity index (χ1) is 9.58. The molecule has 0 aromatic heterocycles. The van der Waals surface area contributed by atoms with Crippen LogP contribution in [0.4, 0.5) is 5.69 Å². The second-order valence-corrected chi connectivity index (χ2v) is 5.64. The van der Waals surface area contributed by atoms with Crippen molar-refractivity contribution in [2.24, 2.45) is 0 Å². The fourth-order valence-electron chi connectivity index (χ4n) is 2.82. The molecule has 3 atom stereocenters. The highest BCUT2D eigenvalue weighted by atomic mass is 16.5. The smallest absolute Gasteiger partial charge is 0.242 e. The molecular weight excluding hydrogens is 256 g/mol. The number of amides is 1. The van der Waals surface area contributed by atoms with E-state index >= 15 is 0 Å². The van der Waals surface area contributed by atoms with Crippen LogP contribution in [0.15, 0.2) is 24.3 Å². The highest BCUT2D eigenvalue weighted by Crippen LogP contribution is 2.26. The summed E-state index contributed by atoms with van der Waals surface area (Å²) in [5, 5.41) is 16.4. The summed E-state index contributed by atoms with van der Waals surface area (Å²) in [4.78, 5) is 12.2. The van der Waals surface area contributed by atoms with E-state index in [2.05, 4.69) is 10.6 Å². The zero-order valence-corrected chi connectivity index (χ0v) is 11.6. The summed E-state index contributed by atoms with van der Waals surface area (Å²) < 4.78 is 5.36. The summed E-state index contributed by atoms with van der Waals surface area (Å²) >= 11 is 0. The first-order valence-electron chi connectivity index (χ1n) is 7.05. The average molecular weight is 276 g/mol. The molecule has 108 valence electrons. The summed E-state index contributed by atoms with van der Waals surface area (Å²) in [6, 6.07) is 7.67. The Balaban J connectivity index is 1.56. The fourth-order valence-corrected chi connectivity index (χ4v) is 2.82.